The van der Waals surface area contributed by atoms with Gasteiger partial charge in [0.15, 0.2) is 8.07 Å². The monoisotopic (exact) mass is 751 g/mol. The van der Waals surface area contributed by atoms with Gasteiger partial charge in [0.1, 0.15) is 0 Å². The fourth-order valence-electron chi connectivity index (χ4n) is 10.0. The summed E-state index contributed by atoms with van der Waals surface area (Å²) in [7, 11) is -2.87. The molecule has 0 fully saturated rings. The third kappa shape index (κ3) is 4.65. The van der Waals surface area contributed by atoms with Crippen molar-refractivity contribution in [2.24, 2.45) is 0 Å². The summed E-state index contributed by atoms with van der Waals surface area (Å²) in [6.07, 6.45) is 0. The first-order valence-corrected chi connectivity index (χ1v) is 22.5. The largest absolute Gasteiger partial charge is 0.311 e. The van der Waals surface area contributed by atoms with Gasteiger partial charge < -0.3 is 4.90 Å². The number of anilines is 3. The fraction of sp³-hybridized carbons (Fsp3) is 0.0943. The molecule has 11 rings (SSSR count). The Morgan fingerprint density at radius 1 is 0.464 bits per heavy atom. The molecule has 0 bridgehead atoms. The topological polar surface area (TPSA) is 3.24 Å². The van der Waals surface area contributed by atoms with Crippen molar-refractivity contribution in [2.45, 2.75) is 33.1 Å². The lowest BCUT2D eigenvalue weighted by molar-refractivity contribution is 0.660. The SMILES string of the molecule is Cc1ccc([Si]2(c3ccc(C)cc3)c3ccccc3-c3cccc(N(c4ccc5c(c4)C(C)(C)c4ccccc4-5)c4ccc5sc6ccccc6c5c4)c32)cc1. The number of thiophene rings is 1. The average Bonchev–Trinajstić information content (AvgIpc) is 3.83. The van der Waals surface area contributed by atoms with Crippen molar-refractivity contribution in [3.63, 3.8) is 0 Å². The molecule has 56 heavy (non-hydrogen) atoms. The summed E-state index contributed by atoms with van der Waals surface area (Å²) < 4.78 is 2.64. The van der Waals surface area contributed by atoms with E-state index in [1.165, 1.54) is 102 Å². The Kier molecular flexibility index (Phi) is 7.29. The normalized spacial score (nSPS) is 14.4. The van der Waals surface area contributed by atoms with Crippen LogP contribution in [0, 0.1) is 13.8 Å². The van der Waals surface area contributed by atoms with Crippen molar-refractivity contribution in [3.05, 3.63) is 198 Å². The lowest BCUT2D eigenvalue weighted by Gasteiger charge is -2.36. The van der Waals surface area contributed by atoms with Crippen molar-refractivity contribution < 1.29 is 0 Å². The Balaban J connectivity index is 1.25. The molecule has 1 aliphatic heterocycles. The van der Waals surface area contributed by atoms with Crippen molar-refractivity contribution in [1.29, 1.82) is 0 Å². The molecule has 1 nitrogen and oxygen atoms in total. The summed E-state index contributed by atoms with van der Waals surface area (Å²) in [5.74, 6) is 0. The smallest absolute Gasteiger partial charge is 0.183 e. The highest BCUT2D eigenvalue weighted by molar-refractivity contribution is 7.26. The van der Waals surface area contributed by atoms with Gasteiger partial charge >= 0.3 is 0 Å². The molecule has 2 heterocycles. The third-order valence-electron chi connectivity index (χ3n) is 12.7. The second-order valence-electron chi connectivity index (χ2n) is 16.2. The maximum absolute atomic E-state index is 2.87. The molecular weight excluding hydrogens is 711 g/mol. The molecule has 1 aliphatic carbocycles. The first-order chi connectivity index (χ1) is 27.3. The maximum Gasteiger partial charge on any atom is 0.183 e. The molecule has 0 spiro atoms. The predicted octanol–water partition coefficient (Wildman–Crippen LogP) is 11.8. The van der Waals surface area contributed by atoms with E-state index in [0.29, 0.717) is 0 Å². The highest BCUT2D eigenvalue weighted by Gasteiger charge is 2.51. The molecule has 0 atom stereocenters. The lowest BCUT2D eigenvalue weighted by atomic mass is 9.82. The Morgan fingerprint density at radius 2 is 1.05 bits per heavy atom. The number of fused-ring (bicyclic) bond motifs is 9. The highest BCUT2D eigenvalue weighted by Crippen LogP contribution is 2.51. The minimum absolute atomic E-state index is 0.127. The van der Waals surface area contributed by atoms with Crippen LogP contribution < -0.4 is 25.6 Å². The van der Waals surface area contributed by atoms with Gasteiger partial charge in [-0.25, -0.2) is 0 Å². The van der Waals surface area contributed by atoms with Crippen LogP contribution in [-0.4, -0.2) is 8.07 Å². The Bertz CT molecular complexity index is 2980. The van der Waals surface area contributed by atoms with Crippen LogP contribution in [0.5, 0.6) is 0 Å². The van der Waals surface area contributed by atoms with E-state index in [1.807, 2.05) is 11.3 Å². The van der Waals surface area contributed by atoms with Crippen LogP contribution in [0.2, 0.25) is 0 Å². The molecule has 0 N–H and O–H groups in total. The van der Waals surface area contributed by atoms with E-state index in [9.17, 15) is 0 Å². The lowest BCUT2D eigenvalue weighted by Crippen LogP contribution is -2.73. The van der Waals surface area contributed by atoms with Gasteiger partial charge in [-0.15, -0.1) is 11.3 Å². The van der Waals surface area contributed by atoms with Crippen molar-refractivity contribution in [3.8, 4) is 22.3 Å². The molecule has 9 aromatic rings. The molecule has 8 aromatic carbocycles. The Morgan fingerprint density at radius 3 is 1.82 bits per heavy atom. The summed E-state index contributed by atoms with van der Waals surface area (Å²) in [4.78, 5) is 2.60. The van der Waals surface area contributed by atoms with Crippen LogP contribution in [0.1, 0.15) is 36.1 Å². The van der Waals surface area contributed by atoms with Gasteiger partial charge in [0.05, 0.1) is 0 Å². The summed E-state index contributed by atoms with van der Waals surface area (Å²) in [6, 6.07) is 67.5. The Hall–Kier alpha value is -6.00. The molecule has 3 heteroatoms. The zero-order chi connectivity index (χ0) is 37.8. The number of benzene rings is 8. The molecule has 0 radical (unpaired) electrons. The average molecular weight is 752 g/mol. The molecule has 0 unspecified atom stereocenters. The summed E-state index contributed by atoms with van der Waals surface area (Å²) >= 11 is 1.88. The Labute approximate surface area is 334 Å². The van der Waals surface area contributed by atoms with Gasteiger partial charge in [0.25, 0.3) is 0 Å². The zero-order valence-electron chi connectivity index (χ0n) is 32.1. The van der Waals surface area contributed by atoms with Gasteiger partial charge in [-0.05, 0) is 110 Å². The molecular formula is C53H41NSSi. The van der Waals surface area contributed by atoms with Crippen molar-refractivity contribution >= 4 is 77.4 Å². The number of nitrogens with zero attached hydrogens (tertiary/aromatic N) is 1. The maximum atomic E-state index is 2.60. The first kappa shape index (κ1) is 33.3. The number of hydrogen-bond donors (Lipinski definition) is 0. The molecule has 2 aliphatic rings. The molecule has 268 valence electrons. The van der Waals surface area contributed by atoms with Crippen LogP contribution in [0.15, 0.2) is 176 Å². The molecule has 0 saturated heterocycles. The third-order valence-corrected chi connectivity index (χ3v) is 18.8. The quantitative estimate of drug-likeness (QED) is 0.158. The van der Waals surface area contributed by atoms with Crippen molar-refractivity contribution in [2.75, 3.05) is 4.90 Å². The summed E-state index contributed by atoms with van der Waals surface area (Å²) in [5, 5.41) is 8.35. The van der Waals surface area contributed by atoms with E-state index < -0.39 is 8.07 Å². The van der Waals surface area contributed by atoms with E-state index in [4.69, 9.17) is 0 Å². The van der Waals surface area contributed by atoms with E-state index in [-0.39, 0.29) is 5.41 Å². The van der Waals surface area contributed by atoms with Crippen molar-refractivity contribution in [1.82, 2.24) is 0 Å². The van der Waals surface area contributed by atoms with E-state index >= 15 is 0 Å². The van der Waals surface area contributed by atoms with E-state index in [0.717, 1.165) is 0 Å². The zero-order valence-corrected chi connectivity index (χ0v) is 33.9. The number of rotatable bonds is 5. The van der Waals surface area contributed by atoms with E-state index in [2.05, 4.69) is 209 Å². The predicted molar refractivity (Wildman–Crippen MR) is 244 cm³/mol. The van der Waals surface area contributed by atoms with Gasteiger partial charge in [-0.2, -0.15) is 0 Å². The van der Waals surface area contributed by atoms with Crippen LogP contribution in [-0.2, 0) is 5.41 Å². The fourth-order valence-corrected chi connectivity index (χ4v) is 16.4. The second-order valence-corrected chi connectivity index (χ2v) is 21.0. The molecule has 0 amide bonds. The standard InChI is InChI=1S/C53H41NSSi/c1-34-20-26-38(27-21-34)56(39-28-22-35(2)23-29-39)51-19-10-7-14-43(51)44-15-11-17-48(52(44)56)54(36-25-31-50-45(32-36)42-13-6-9-18-49(42)55-50)37-24-30-41-40-12-5-8-16-46(40)53(3,4)47(41)33-37/h5-33H,1-4H3. The minimum atomic E-state index is -2.87. The summed E-state index contributed by atoms with van der Waals surface area (Å²) in [5.41, 5.74) is 14.2. The summed E-state index contributed by atoms with van der Waals surface area (Å²) in [6.45, 7) is 9.18. The highest BCUT2D eigenvalue weighted by atomic mass is 32.1. The van der Waals surface area contributed by atoms with Gasteiger partial charge in [0, 0.05) is 42.6 Å². The molecule has 0 saturated carbocycles. The van der Waals surface area contributed by atoms with Gasteiger partial charge in [-0.1, -0.05) is 158 Å². The first-order valence-electron chi connectivity index (χ1n) is 19.7. The van der Waals surface area contributed by atoms with E-state index in [1.54, 1.807) is 0 Å². The van der Waals surface area contributed by atoms with Gasteiger partial charge in [-0.3, -0.25) is 0 Å². The molecule has 1 aromatic heterocycles. The van der Waals surface area contributed by atoms with Gasteiger partial charge in [0.2, 0.25) is 0 Å². The van der Waals surface area contributed by atoms with Crippen LogP contribution in [0.4, 0.5) is 17.1 Å². The number of hydrogen-bond acceptors (Lipinski definition) is 2. The van der Waals surface area contributed by atoms with Crippen LogP contribution >= 0.6 is 11.3 Å². The minimum Gasteiger partial charge on any atom is -0.311 e. The van der Waals surface area contributed by atoms with Crippen LogP contribution in [0.3, 0.4) is 0 Å². The number of aryl methyl sites for hydroxylation is 2. The van der Waals surface area contributed by atoms with Crippen LogP contribution in [0.25, 0.3) is 42.4 Å². The second kappa shape index (κ2) is 12.2.